The molecule has 0 aromatic carbocycles. The molecule has 0 aliphatic heterocycles. The zero-order valence-electron chi connectivity index (χ0n) is 18.3. The average Bonchev–Trinajstić information content (AvgIpc) is 2.01. The third kappa shape index (κ3) is 2050. The van der Waals surface area contributed by atoms with E-state index in [9.17, 15) is 0 Å². The summed E-state index contributed by atoms with van der Waals surface area (Å²) in [7, 11) is 0. The van der Waals surface area contributed by atoms with Gasteiger partial charge in [0.25, 0.3) is 23.9 Å². The van der Waals surface area contributed by atoms with E-state index >= 15 is 0 Å². The summed E-state index contributed by atoms with van der Waals surface area (Å²) in [6, 6.07) is 0. The molecule has 0 unspecified atom stereocenters. The Morgan fingerprint density at radius 1 is 0.565 bits per heavy atom. The molecule has 0 saturated heterocycles. The van der Waals surface area contributed by atoms with Crippen LogP contribution in [0.3, 0.4) is 0 Å². The minimum atomic E-state index is -0.833. The van der Waals surface area contributed by atoms with Crippen molar-refractivity contribution < 1.29 is 198 Å². The number of rotatable bonds is 0. The van der Waals surface area contributed by atoms with Crippen molar-refractivity contribution in [3.63, 3.8) is 0 Å². The molecule has 13 heteroatoms. The van der Waals surface area contributed by atoms with Crippen molar-refractivity contribution in [2.24, 2.45) is 0 Å². The summed E-state index contributed by atoms with van der Waals surface area (Å²) in [6.45, 7) is 10.3. The molecule has 0 aliphatic carbocycles. The second-order valence-corrected chi connectivity index (χ2v) is 2.08. The van der Waals surface area contributed by atoms with Crippen molar-refractivity contribution >= 4 is 23.9 Å². The van der Waals surface area contributed by atoms with Crippen molar-refractivity contribution in [2.45, 2.75) is 27.7 Å². The number of carbonyl (C=O) groups is 4. The molecule has 0 spiro atoms. The summed E-state index contributed by atoms with van der Waals surface area (Å²) in [5.74, 6) is -3.33. The molecule has 0 aromatic rings. The smallest absolute Gasteiger partial charge is 1.00 e. The molecule has 10 nitrogen and oxygen atoms in total. The average molecular weight is 423 g/mol. The number of aliphatic carboxylic acids is 4. The fraction of sp³-hybridized carbons (Fsp3) is 0.400. The molecule has 0 heterocycles. The maximum absolute atomic E-state index is 9.00. The Bertz CT molecular complexity index is 206. The summed E-state index contributed by atoms with van der Waals surface area (Å²) < 4.78 is 0. The van der Waals surface area contributed by atoms with E-state index in [1.165, 1.54) is 0 Å². The Labute approximate surface area is 269 Å². The van der Waals surface area contributed by atoms with E-state index in [1.807, 2.05) is 0 Å². The van der Waals surface area contributed by atoms with Gasteiger partial charge < -0.3 is 37.0 Å². The van der Waals surface area contributed by atoms with Gasteiger partial charge in [0.05, 0.1) is 0 Å². The minimum absolute atomic E-state index is 0. The van der Waals surface area contributed by atoms with Crippen LogP contribution in [0.1, 0.15) is 32.0 Å². The van der Waals surface area contributed by atoms with Gasteiger partial charge in [0, 0.05) is 27.7 Å². The van der Waals surface area contributed by atoms with Gasteiger partial charge in [0.2, 0.25) is 0 Å². The van der Waals surface area contributed by atoms with E-state index in [2.05, 4.69) is 13.2 Å². The second-order valence-electron chi connectivity index (χ2n) is 2.08. The summed E-state index contributed by atoms with van der Waals surface area (Å²) in [5.41, 5.74) is 0. The summed E-state index contributed by atoms with van der Waals surface area (Å²) in [6.07, 6.45) is 0. The Morgan fingerprint density at radius 3 is 0.565 bits per heavy atom. The molecule has 10 N–H and O–H groups in total. The van der Waals surface area contributed by atoms with Crippen molar-refractivity contribution in [1.29, 1.82) is 0 Å². The van der Waals surface area contributed by atoms with Crippen LogP contribution >= 0.6 is 0 Å². The predicted octanol–water partition coefficient (Wildman–Crippen LogP) is -7.16. The van der Waals surface area contributed by atoms with Crippen molar-refractivity contribution in [2.75, 3.05) is 0 Å². The normalized spacial score (nSPS) is 4.52. The van der Waals surface area contributed by atoms with Gasteiger partial charge >= 0.3 is 154 Å². The van der Waals surface area contributed by atoms with Gasteiger partial charge in [0.15, 0.2) is 0 Å². The Morgan fingerprint density at radius 2 is 0.565 bits per heavy atom. The molecule has 0 atom stereocenters. The topological polar surface area (TPSA) is 219 Å². The summed E-state index contributed by atoms with van der Waals surface area (Å²) in [5, 5.41) is 29.7. The van der Waals surface area contributed by atoms with Crippen LogP contribution in [0, 0.1) is 0 Å². The van der Waals surface area contributed by atoms with Crippen molar-refractivity contribution in [3.05, 3.63) is 13.2 Å². The Balaban J connectivity index is -0.00000000694. The SMILES string of the molecule is C=C.CC(=O)O.CC(=O)O.CC(=O)O.CC(=O)O.N.N.[H-].[H-].[H-].[K+].[K+].[K+]. The molecule has 0 bridgehead atoms. The maximum atomic E-state index is 9.00. The fourth-order valence-electron chi connectivity index (χ4n) is 0. The first-order valence-corrected chi connectivity index (χ1v) is 4.21. The third-order valence-electron chi connectivity index (χ3n) is 0. The van der Waals surface area contributed by atoms with Gasteiger partial charge in [0.1, 0.15) is 0 Å². The molecule has 0 aliphatic rings. The summed E-state index contributed by atoms with van der Waals surface area (Å²) >= 11 is 0. The molecule has 0 aromatic heterocycles. The molecule has 0 rings (SSSR count). The van der Waals surface area contributed by atoms with Gasteiger partial charge in [-0.1, -0.05) is 0 Å². The zero-order chi connectivity index (χ0) is 16.3. The number of hydrogen-bond donors (Lipinski definition) is 6. The first-order chi connectivity index (χ1) is 7.93. The van der Waals surface area contributed by atoms with Gasteiger partial charge in [-0.3, -0.25) is 19.2 Å². The fourth-order valence-corrected chi connectivity index (χ4v) is 0. The van der Waals surface area contributed by atoms with E-state index < -0.39 is 23.9 Å². The molecule has 23 heavy (non-hydrogen) atoms. The number of carboxylic acid groups (broad SMARTS) is 4. The third-order valence-corrected chi connectivity index (χ3v) is 0. The number of hydrogen-bond acceptors (Lipinski definition) is 6. The minimum Gasteiger partial charge on any atom is -1.00 e. The van der Waals surface area contributed by atoms with E-state index in [0.717, 1.165) is 27.7 Å². The van der Waals surface area contributed by atoms with Crippen LogP contribution in [0.25, 0.3) is 0 Å². The first-order valence-electron chi connectivity index (χ1n) is 4.21. The van der Waals surface area contributed by atoms with Gasteiger partial charge in [-0.2, -0.15) is 0 Å². The molecule has 0 saturated carbocycles. The first kappa shape index (κ1) is 63.7. The standard InChI is InChI=1S/4C2H4O2.C2H4.3K.2H3N.3H/c4*1-2(3)4;1-2;;;;;;;;/h4*1H3,(H,3,4);1-2H2;;;;2*1H3;;;/q;;;;;3*+1;;;3*-1. The molecule has 0 amide bonds. The monoisotopic (exact) mass is 422 g/mol. The zero-order valence-corrected chi connectivity index (χ0v) is 24.6. The van der Waals surface area contributed by atoms with E-state index in [1.54, 1.807) is 0 Å². The Kier molecular flexibility index (Phi) is 178. The molecular formula is C10H29K3N2O8. The van der Waals surface area contributed by atoms with Gasteiger partial charge in [-0.15, -0.1) is 13.2 Å². The molecule has 0 fully saturated rings. The van der Waals surface area contributed by atoms with E-state index in [4.69, 9.17) is 39.6 Å². The molecular weight excluding hydrogens is 393 g/mol. The van der Waals surface area contributed by atoms with Crippen LogP contribution in [-0.4, -0.2) is 44.3 Å². The van der Waals surface area contributed by atoms with Crippen LogP contribution in [-0.2, 0) is 19.2 Å². The maximum Gasteiger partial charge on any atom is 1.00 e. The van der Waals surface area contributed by atoms with Crippen LogP contribution in [0.2, 0.25) is 0 Å². The van der Waals surface area contributed by atoms with E-state index in [0.29, 0.717) is 0 Å². The van der Waals surface area contributed by atoms with Crippen LogP contribution < -0.4 is 166 Å². The van der Waals surface area contributed by atoms with Crippen molar-refractivity contribution in [3.8, 4) is 0 Å². The van der Waals surface area contributed by atoms with Crippen LogP contribution in [0.4, 0.5) is 0 Å². The largest absolute Gasteiger partial charge is 1.00 e. The van der Waals surface area contributed by atoms with E-state index in [-0.39, 0.29) is 171 Å². The van der Waals surface area contributed by atoms with Gasteiger partial charge in [-0.05, 0) is 0 Å². The summed E-state index contributed by atoms with van der Waals surface area (Å²) in [4.78, 5) is 36.0. The number of carboxylic acids is 4. The van der Waals surface area contributed by atoms with Gasteiger partial charge in [-0.25, -0.2) is 0 Å². The predicted molar refractivity (Wildman–Crippen MR) is 77.9 cm³/mol. The quantitative estimate of drug-likeness (QED) is 0.160. The van der Waals surface area contributed by atoms with Crippen LogP contribution in [0.15, 0.2) is 13.2 Å². The van der Waals surface area contributed by atoms with Crippen LogP contribution in [0.5, 0.6) is 0 Å². The Hall–Kier alpha value is 2.45. The van der Waals surface area contributed by atoms with Crippen molar-refractivity contribution in [1.82, 2.24) is 12.3 Å². The molecule has 0 radical (unpaired) electrons. The second kappa shape index (κ2) is 64.4. The molecule has 130 valence electrons.